The van der Waals surface area contributed by atoms with Gasteiger partial charge in [0.2, 0.25) is 0 Å². The molecule has 1 aromatic carbocycles. The number of halogens is 1. The van der Waals surface area contributed by atoms with Gasteiger partial charge in [-0.1, -0.05) is 31.5 Å². The summed E-state index contributed by atoms with van der Waals surface area (Å²) in [7, 11) is 3.87. The molecule has 0 saturated carbocycles. The molecule has 2 heterocycles. The van der Waals surface area contributed by atoms with Gasteiger partial charge in [-0.05, 0) is 38.3 Å². The first-order chi connectivity index (χ1) is 13.5. The van der Waals surface area contributed by atoms with Gasteiger partial charge in [-0.2, -0.15) is 5.10 Å². The van der Waals surface area contributed by atoms with Crippen molar-refractivity contribution in [3.05, 3.63) is 46.8 Å². The van der Waals surface area contributed by atoms with Crippen molar-refractivity contribution in [2.24, 2.45) is 12.0 Å². The Balaban J connectivity index is 0.00000300. The lowest BCUT2D eigenvalue weighted by Gasteiger charge is -2.20. The fourth-order valence-electron chi connectivity index (χ4n) is 4.02. The highest BCUT2D eigenvalue weighted by molar-refractivity contribution is 14.0. The van der Waals surface area contributed by atoms with Crippen LogP contribution in [-0.4, -0.2) is 41.9 Å². The Morgan fingerprint density at radius 1 is 1.21 bits per heavy atom. The number of hydrogen-bond donors (Lipinski definition) is 2. The first-order valence-electron chi connectivity index (χ1n) is 10.4. The van der Waals surface area contributed by atoms with Gasteiger partial charge in [0.05, 0.1) is 5.69 Å². The van der Waals surface area contributed by atoms with E-state index in [0.717, 1.165) is 44.9 Å². The lowest BCUT2D eigenvalue weighted by atomic mass is 10.1. The van der Waals surface area contributed by atoms with Crippen LogP contribution in [0.2, 0.25) is 0 Å². The molecule has 0 aliphatic carbocycles. The second-order valence-electron chi connectivity index (χ2n) is 7.54. The molecule has 0 amide bonds. The highest BCUT2D eigenvalue weighted by atomic mass is 127. The molecular formula is C22H35IN6. The lowest BCUT2D eigenvalue weighted by molar-refractivity contribution is 0.647. The van der Waals surface area contributed by atoms with Gasteiger partial charge >= 0.3 is 0 Å². The Hall–Kier alpha value is -1.77. The number of guanidine groups is 1. The minimum Gasteiger partial charge on any atom is -0.369 e. The van der Waals surface area contributed by atoms with Crippen molar-refractivity contribution in [1.29, 1.82) is 0 Å². The van der Waals surface area contributed by atoms with E-state index in [1.807, 2.05) is 18.8 Å². The zero-order valence-corrected chi connectivity index (χ0v) is 20.7. The molecule has 0 spiro atoms. The van der Waals surface area contributed by atoms with Crippen LogP contribution in [0.3, 0.4) is 0 Å². The molecule has 1 saturated heterocycles. The predicted octanol–water partition coefficient (Wildman–Crippen LogP) is 3.42. The van der Waals surface area contributed by atoms with E-state index in [4.69, 9.17) is 0 Å². The second kappa shape index (κ2) is 10.8. The summed E-state index contributed by atoms with van der Waals surface area (Å²) in [5.74, 6) is 0.865. The summed E-state index contributed by atoms with van der Waals surface area (Å²) in [6, 6.07) is 9.19. The molecule has 1 atom stereocenters. The third-order valence-corrected chi connectivity index (χ3v) is 5.61. The van der Waals surface area contributed by atoms with Crippen molar-refractivity contribution in [1.82, 2.24) is 20.4 Å². The van der Waals surface area contributed by atoms with Crippen LogP contribution in [0.15, 0.2) is 29.3 Å². The highest BCUT2D eigenvalue weighted by Gasteiger charge is 2.23. The summed E-state index contributed by atoms with van der Waals surface area (Å²) < 4.78 is 2.02. The average Bonchev–Trinajstić information content (AvgIpc) is 3.29. The van der Waals surface area contributed by atoms with E-state index >= 15 is 0 Å². The first-order valence-corrected chi connectivity index (χ1v) is 10.4. The SMILES string of the molecule is CCc1nn(C)c(CC)c1CNC(=NC)NC1CCN(c2ccc(C)cc2)C1.I. The average molecular weight is 510 g/mol. The van der Waals surface area contributed by atoms with E-state index in [2.05, 4.69) is 70.7 Å². The number of aryl methyl sites for hydroxylation is 3. The van der Waals surface area contributed by atoms with Crippen LogP contribution in [0.5, 0.6) is 0 Å². The quantitative estimate of drug-likeness (QED) is 0.356. The van der Waals surface area contributed by atoms with Crippen molar-refractivity contribution in [2.75, 3.05) is 25.0 Å². The van der Waals surface area contributed by atoms with Gasteiger partial charge < -0.3 is 15.5 Å². The van der Waals surface area contributed by atoms with E-state index in [0.29, 0.717) is 6.04 Å². The highest BCUT2D eigenvalue weighted by Crippen LogP contribution is 2.21. The molecule has 2 aromatic rings. The predicted molar refractivity (Wildman–Crippen MR) is 133 cm³/mol. The summed E-state index contributed by atoms with van der Waals surface area (Å²) >= 11 is 0. The molecule has 0 radical (unpaired) electrons. The molecule has 29 heavy (non-hydrogen) atoms. The zero-order chi connectivity index (χ0) is 20.1. The second-order valence-corrected chi connectivity index (χ2v) is 7.54. The molecule has 6 nitrogen and oxygen atoms in total. The summed E-state index contributed by atoms with van der Waals surface area (Å²) in [5.41, 5.74) is 6.38. The zero-order valence-electron chi connectivity index (χ0n) is 18.3. The Labute approximate surface area is 192 Å². The number of benzene rings is 1. The third kappa shape index (κ3) is 5.65. The van der Waals surface area contributed by atoms with Crippen LogP contribution >= 0.6 is 24.0 Å². The van der Waals surface area contributed by atoms with Crippen molar-refractivity contribution >= 4 is 35.6 Å². The van der Waals surface area contributed by atoms with E-state index < -0.39 is 0 Å². The van der Waals surface area contributed by atoms with Crippen LogP contribution in [-0.2, 0) is 26.4 Å². The molecule has 1 fully saturated rings. The maximum Gasteiger partial charge on any atom is 0.191 e. The summed E-state index contributed by atoms with van der Waals surface area (Å²) in [6.45, 7) is 9.30. The number of hydrogen-bond acceptors (Lipinski definition) is 3. The molecule has 2 N–H and O–H groups in total. The van der Waals surface area contributed by atoms with Crippen LogP contribution in [0.4, 0.5) is 5.69 Å². The van der Waals surface area contributed by atoms with Crippen LogP contribution in [0, 0.1) is 6.92 Å². The smallest absolute Gasteiger partial charge is 0.191 e. The maximum atomic E-state index is 4.67. The lowest BCUT2D eigenvalue weighted by Crippen LogP contribution is -2.44. The van der Waals surface area contributed by atoms with Gasteiger partial charge in [0.25, 0.3) is 0 Å². The normalized spacial score (nSPS) is 16.7. The van der Waals surface area contributed by atoms with Gasteiger partial charge in [0.15, 0.2) is 5.96 Å². The summed E-state index contributed by atoms with van der Waals surface area (Å²) in [4.78, 5) is 6.88. The monoisotopic (exact) mass is 510 g/mol. The number of anilines is 1. The fraction of sp³-hybridized carbons (Fsp3) is 0.545. The largest absolute Gasteiger partial charge is 0.369 e. The van der Waals surface area contributed by atoms with E-state index in [9.17, 15) is 0 Å². The van der Waals surface area contributed by atoms with Crippen LogP contribution in [0.25, 0.3) is 0 Å². The van der Waals surface area contributed by atoms with Crippen molar-refractivity contribution in [3.8, 4) is 0 Å². The molecule has 1 unspecified atom stereocenters. The van der Waals surface area contributed by atoms with E-state index in [-0.39, 0.29) is 24.0 Å². The molecule has 1 aliphatic heterocycles. The third-order valence-electron chi connectivity index (χ3n) is 5.61. The Bertz CT molecular complexity index is 811. The molecule has 160 valence electrons. The van der Waals surface area contributed by atoms with Gasteiger partial charge in [-0.25, -0.2) is 0 Å². The van der Waals surface area contributed by atoms with Gasteiger partial charge in [0.1, 0.15) is 0 Å². The van der Waals surface area contributed by atoms with Gasteiger partial charge in [-0.15, -0.1) is 24.0 Å². The maximum absolute atomic E-state index is 4.67. The van der Waals surface area contributed by atoms with Gasteiger partial charge in [0, 0.05) is 56.7 Å². The number of nitrogens with one attached hydrogen (secondary N) is 2. The van der Waals surface area contributed by atoms with E-state index in [1.54, 1.807) is 0 Å². The molecular weight excluding hydrogens is 475 g/mol. The minimum absolute atomic E-state index is 0. The van der Waals surface area contributed by atoms with Crippen LogP contribution < -0.4 is 15.5 Å². The summed E-state index contributed by atoms with van der Waals surface area (Å²) in [5, 5.41) is 11.8. The van der Waals surface area contributed by atoms with E-state index in [1.165, 1.54) is 28.2 Å². The fourth-order valence-corrected chi connectivity index (χ4v) is 4.02. The van der Waals surface area contributed by atoms with Crippen molar-refractivity contribution in [3.63, 3.8) is 0 Å². The molecule has 7 heteroatoms. The first kappa shape index (κ1) is 23.5. The minimum atomic E-state index is 0. The van der Waals surface area contributed by atoms with Crippen molar-refractivity contribution < 1.29 is 0 Å². The molecule has 1 aromatic heterocycles. The standard InChI is InChI=1S/C22H34N6.HI/c1-6-20-19(21(7-2)27(5)26-20)14-24-22(23-4)25-17-12-13-28(15-17)18-10-8-16(3)9-11-18;/h8-11,17H,6-7,12-15H2,1-5H3,(H2,23,24,25);1H. The van der Waals surface area contributed by atoms with Crippen molar-refractivity contribution in [2.45, 2.75) is 52.6 Å². The van der Waals surface area contributed by atoms with Gasteiger partial charge in [-0.3, -0.25) is 9.67 Å². The molecule has 1 aliphatic rings. The Kier molecular flexibility index (Phi) is 8.79. The summed E-state index contributed by atoms with van der Waals surface area (Å²) in [6.07, 6.45) is 3.05. The van der Waals surface area contributed by atoms with Crippen LogP contribution in [0.1, 0.15) is 42.8 Å². The molecule has 3 rings (SSSR count). The topological polar surface area (TPSA) is 57.5 Å². The number of aliphatic imine (C=N–C) groups is 1. The number of aromatic nitrogens is 2. The Morgan fingerprint density at radius 2 is 1.93 bits per heavy atom. The number of nitrogens with zero attached hydrogens (tertiary/aromatic N) is 4. The molecule has 0 bridgehead atoms. The number of rotatable bonds is 6. The Morgan fingerprint density at radius 3 is 2.55 bits per heavy atom.